The number of aromatic nitrogens is 2. The van der Waals surface area contributed by atoms with E-state index in [1.807, 2.05) is 77.6 Å². The molecule has 0 radical (unpaired) electrons. The van der Waals surface area contributed by atoms with Crippen LogP contribution in [0.1, 0.15) is 28.1 Å². The van der Waals surface area contributed by atoms with Gasteiger partial charge in [0.05, 0.1) is 23.5 Å². The maximum Gasteiger partial charge on any atom is 0.123 e. The van der Waals surface area contributed by atoms with Gasteiger partial charge in [0.1, 0.15) is 29.7 Å². The number of phenolic OH excluding ortho intramolecular Hbond substituents is 1. The van der Waals surface area contributed by atoms with Gasteiger partial charge >= 0.3 is 0 Å². The number of aromatic hydroxyl groups is 1. The minimum atomic E-state index is -0.349. The van der Waals surface area contributed by atoms with Crippen LogP contribution in [0.25, 0.3) is 33.2 Å². The molecule has 10 heteroatoms. The quantitative estimate of drug-likeness (QED) is 0.0903. The first-order valence-electron chi connectivity index (χ1n) is 15.3. The zero-order valence-corrected chi connectivity index (χ0v) is 26.6. The summed E-state index contributed by atoms with van der Waals surface area (Å²) >= 11 is 0. The van der Waals surface area contributed by atoms with Crippen molar-refractivity contribution in [1.82, 2.24) is 9.13 Å². The van der Waals surface area contributed by atoms with Gasteiger partial charge in [-0.1, -0.05) is 40.6 Å². The average Bonchev–Trinajstić information content (AvgIpc) is 3.54. The third-order valence-corrected chi connectivity index (χ3v) is 8.25. The van der Waals surface area contributed by atoms with E-state index in [4.69, 9.17) is 15.2 Å². The fraction of sp³-hybridized carbons (Fsp3) is 0.0769. The molecule has 7 aromatic rings. The largest absolute Gasteiger partial charge is 0.508 e. The molecule has 49 heavy (non-hydrogen) atoms. The molecule has 2 heterocycles. The van der Waals surface area contributed by atoms with Crippen molar-refractivity contribution in [2.75, 3.05) is 0 Å². The summed E-state index contributed by atoms with van der Waals surface area (Å²) in [6, 6.07) is 33.5. The summed E-state index contributed by atoms with van der Waals surface area (Å²) < 4.78 is 37.0. The summed E-state index contributed by atoms with van der Waals surface area (Å²) in [4.78, 5) is 0. The highest BCUT2D eigenvalue weighted by molar-refractivity contribution is 6.02. The van der Waals surface area contributed by atoms with E-state index in [1.165, 1.54) is 36.7 Å². The highest BCUT2D eigenvalue weighted by atomic mass is 19.1. The molecule has 0 atom stereocenters. The second kappa shape index (κ2) is 14.1. The molecular formula is C39H32F2N4O4. The smallest absolute Gasteiger partial charge is 0.123 e. The predicted molar refractivity (Wildman–Crippen MR) is 187 cm³/mol. The number of fused-ring (bicyclic) bond motifs is 2. The second-order valence-electron chi connectivity index (χ2n) is 11.3. The number of oxime groups is 2. The molecular weight excluding hydrogens is 626 g/mol. The summed E-state index contributed by atoms with van der Waals surface area (Å²) in [7, 11) is 0. The highest BCUT2D eigenvalue weighted by Crippen LogP contribution is 2.31. The Kier molecular flexibility index (Phi) is 9.39. The first kappa shape index (κ1) is 32.5. The molecule has 0 aliphatic carbocycles. The third-order valence-electron chi connectivity index (χ3n) is 8.25. The van der Waals surface area contributed by atoms with Crippen LogP contribution in [0.3, 0.4) is 0 Å². The van der Waals surface area contributed by atoms with Crippen LogP contribution in [0.5, 0.6) is 11.5 Å². The number of nitrogens with zero attached hydrogens (tertiary/aromatic N) is 4. The minimum absolute atomic E-state index is 0.177. The lowest BCUT2D eigenvalue weighted by Crippen LogP contribution is -1.99. The van der Waals surface area contributed by atoms with Gasteiger partial charge in [0.25, 0.3) is 0 Å². The zero-order chi connectivity index (χ0) is 34.5. The van der Waals surface area contributed by atoms with Crippen LogP contribution in [0.4, 0.5) is 8.78 Å². The number of halogens is 2. The van der Waals surface area contributed by atoms with Gasteiger partial charge < -0.3 is 29.4 Å². The van der Waals surface area contributed by atoms with Crippen LogP contribution in [0.15, 0.2) is 126 Å². The van der Waals surface area contributed by atoms with E-state index >= 15 is 0 Å². The Balaban J connectivity index is 0.000000177. The van der Waals surface area contributed by atoms with E-state index in [2.05, 4.69) is 10.3 Å². The summed E-state index contributed by atoms with van der Waals surface area (Å²) in [5.41, 5.74) is 7.50. The number of hydrogen-bond donors (Lipinski definition) is 3. The summed E-state index contributed by atoms with van der Waals surface area (Å²) in [5, 5.41) is 34.8. The Hall–Kier alpha value is -6.42. The van der Waals surface area contributed by atoms with Crippen molar-refractivity contribution in [3.05, 3.63) is 155 Å². The minimum Gasteiger partial charge on any atom is -0.508 e. The third kappa shape index (κ3) is 6.70. The molecule has 0 fully saturated rings. The number of benzene rings is 5. The van der Waals surface area contributed by atoms with Gasteiger partial charge in [-0.2, -0.15) is 0 Å². The number of phenols is 1. The van der Waals surface area contributed by atoms with Crippen molar-refractivity contribution >= 4 is 34.2 Å². The lowest BCUT2D eigenvalue weighted by Gasteiger charge is -2.11. The molecule has 0 saturated heterocycles. The fourth-order valence-electron chi connectivity index (χ4n) is 5.97. The maximum absolute atomic E-state index is 13.7. The average molecular weight is 659 g/mol. The van der Waals surface area contributed by atoms with Gasteiger partial charge in [-0.25, -0.2) is 8.78 Å². The molecule has 7 rings (SSSR count). The molecule has 0 aliphatic rings. The van der Waals surface area contributed by atoms with E-state index in [0.29, 0.717) is 28.5 Å². The van der Waals surface area contributed by atoms with Crippen LogP contribution in [0, 0.1) is 25.5 Å². The highest BCUT2D eigenvalue weighted by Gasteiger charge is 2.16. The standard InChI is InChI=1S/C23H19FN2O2.C16H13FN2O2/c1-16-22(14-25-27)21-13-18(24)7-12-23(21)26(16)19-8-10-20(11-9-19)28-15-17-5-3-2-4-6-17;1-10-15(9-18-21)14-8-11(17)2-7-16(14)19(10)12-3-5-13(20)6-4-12/h2-14,27H,15H2,1H3;2-9,20-21H,1H3. The van der Waals surface area contributed by atoms with Crippen molar-refractivity contribution in [3.63, 3.8) is 0 Å². The normalized spacial score (nSPS) is 11.4. The molecule has 0 amide bonds. The Morgan fingerprint density at radius 3 is 1.57 bits per heavy atom. The van der Waals surface area contributed by atoms with Crippen LogP contribution >= 0.6 is 0 Å². The van der Waals surface area contributed by atoms with Gasteiger partial charge in [0.2, 0.25) is 0 Å². The summed E-state index contributed by atoms with van der Waals surface area (Å²) in [6.07, 6.45) is 2.64. The van der Waals surface area contributed by atoms with Gasteiger partial charge in [0, 0.05) is 44.7 Å². The molecule has 3 N–H and O–H groups in total. The van der Waals surface area contributed by atoms with Crippen LogP contribution < -0.4 is 4.74 Å². The number of hydrogen-bond acceptors (Lipinski definition) is 6. The van der Waals surface area contributed by atoms with Crippen molar-refractivity contribution < 1.29 is 29.0 Å². The molecule has 0 aliphatic heterocycles. The van der Waals surface area contributed by atoms with E-state index < -0.39 is 0 Å². The second-order valence-corrected chi connectivity index (χ2v) is 11.3. The zero-order valence-electron chi connectivity index (χ0n) is 26.6. The van der Waals surface area contributed by atoms with Crippen LogP contribution in [-0.4, -0.2) is 37.1 Å². The molecule has 8 nitrogen and oxygen atoms in total. The molecule has 0 spiro atoms. The van der Waals surface area contributed by atoms with Crippen molar-refractivity contribution in [3.8, 4) is 22.9 Å². The van der Waals surface area contributed by atoms with Gasteiger partial charge in [-0.3, -0.25) is 0 Å². The SMILES string of the molecule is Cc1c(C=NO)c2cc(F)ccc2n1-c1ccc(O)cc1.Cc1c(C=NO)c2cc(F)ccc2n1-c1ccc(OCc2ccccc2)cc1. The first-order chi connectivity index (χ1) is 23.8. The number of ether oxygens (including phenoxy) is 1. The Morgan fingerprint density at radius 1 is 0.633 bits per heavy atom. The molecule has 0 unspecified atom stereocenters. The lowest BCUT2D eigenvalue weighted by atomic mass is 10.1. The van der Waals surface area contributed by atoms with Crippen LogP contribution in [-0.2, 0) is 6.61 Å². The summed E-state index contributed by atoms with van der Waals surface area (Å²) in [6.45, 7) is 4.28. The lowest BCUT2D eigenvalue weighted by molar-refractivity contribution is 0.306. The Bertz CT molecular complexity index is 2290. The van der Waals surface area contributed by atoms with Crippen molar-refractivity contribution in [2.24, 2.45) is 10.3 Å². The monoisotopic (exact) mass is 658 g/mol. The molecule has 246 valence electrons. The summed E-state index contributed by atoms with van der Waals surface area (Å²) in [5.74, 6) is 0.265. The van der Waals surface area contributed by atoms with Crippen molar-refractivity contribution in [1.29, 1.82) is 0 Å². The topological polar surface area (TPSA) is 105 Å². The molecule has 2 aromatic heterocycles. The van der Waals surface area contributed by atoms with E-state index in [1.54, 1.807) is 36.4 Å². The van der Waals surface area contributed by atoms with E-state index in [0.717, 1.165) is 45.1 Å². The maximum atomic E-state index is 13.7. The van der Waals surface area contributed by atoms with E-state index in [9.17, 15) is 13.9 Å². The van der Waals surface area contributed by atoms with Gasteiger partial charge in [0.15, 0.2) is 0 Å². The molecule has 0 bridgehead atoms. The Labute approximate surface area is 280 Å². The predicted octanol–water partition coefficient (Wildman–Crippen LogP) is 9.06. The Morgan fingerprint density at radius 2 is 1.10 bits per heavy atom. The van der Waals surface area contributed by atoms with Crippen molar-refractivity contribution in [2.45, 2.75) is 20.5 Å². The first-order valence-corrected chi connectivity index (χ1v) is 15.3. The molecule has 0 saturated carbocycles. The van der Waals surface area contributed by atoms with Gasteiger partial charge in [-0.05, 0) is 104 Å². The van der Waals surface area contributed by atoms with E-state index in [-0.39, 0.29) is 17.4 Å². The number of rotatable bonds is 7. The molecule has 5 aromatic carbocycles. The van der Waals surface area contributed by atoms with Crippen LogP contribution in [0.2, 0.25) is 0 Å². The van der Waals surface area contributed by atoms with Gasteiger partial charge in [-0.15, -0.1) is 0 Å². The fourth-order valence-corrected chi connectivity index (χ4v) is 5.97.